The molecule has 2 N–H and O–H groups in total. The van der Waals surface area contributed by atoms with Crippen molar-refractivity contribution < 1.29 is 4.79 Å². The largest absolute Gasteiger partial charge is 0.341 e. The van der Waals surface area contributed by atoms with Crippen molar-refractivity contribution in [3.8, 4) is 0 Å². The van der Waals surface area contributed by atoms with E-state index in [-0.39, 0.29) is 5.91 Å². The number of hydrogen-bond donors (Lipinski definition) is 1. The van der Waals surface area contributed by atoms with Crippen molar-refractivity contribution in [2.45, 2.75) is 64.5 Å². The van der Waals surface area contributed by atoms with Gasteiger partial charge in [0.2, 0.25) is 5.91 Å². The van der Waals surface area contributed by atoms with Crippen molar-refractivity contribution in [1.29, 1.82) is 0 Å². The van der Waals surface area contributed by atoms with E-state index in [9.17, 15) is 4.79 Å². The van der Waals surface area contributed by atoms with Crippen LogP contribution >= 0.6 is 0 Å². The average molecular weight is 281 g/mol. The monoisotopic (exact) mass is 281 g/mol. The van der Waals surface area contributed by atoms with Crippen LogP contribution in [-0.4, -0.2) is 53.5 Å². The van der Waals surface area contributed by atoms with Gasteiger partial charge in [0, 0.05) is 25.7 Å². The summed E-state index contributed by atoms with van der Waals surface area (Å²) in [4.78, 5) is 16.9. The molecule has 4 heteroatoms. The fraction of sp³-hybridized carbons (Fsp3) is 0.938. The Hall–Kier alpha value is -0.610. The molecule has 20 heavy (non-hydrogen) atoms. The summed E-state index contributed by atoms with van der Waals surface area (Å²) in [7, 11) is 0. The Balaban J connectivity index is 1.88. The van der Waals surface area contributed by atoms with Crippen LogP contribution in [-0.2, 0) is 4.79 Å². The lowest BCUT2D eigenvalue weighted by Crippen LogP contribution is -2.55. The lowest BCUT2D eigenvalue weighted by Gasteiger charge is -2.40. The van der Waals surface area contributed by atoms with Crippen molar-refractivity contribution in [2.24, 2.45) is 11.7 Å². The third-order valence-corrected chi connectivity index (χ3v) is 4.79. The quantitative estimate of drug-likeness (QED) is 0.858. The van der Waals surface area contributed by atoms with Crippen LogP contribution in [0.3, 0.4) is 0 Å². The molecule has 2 aliphatic rings. The second-order valence-electron chi connectivity index (χ2n) is 7.32. The molecule has 2 heterocycles. The third-order valence-electron chi connectivity index (χ3n) is 4.79. The van der Waals surface area contributed by atoms with Crippen LogP contribution in [0.5, 0.6) is 0 Å². The van der Waals surface area contributed by atoms with Gasteiger partial charge in [-0.3, -0.25) is 4.79 Å². The van der Waals surface area contributed by atoms with Crippen molar-refractivity contribution in [3.05, 3.63) is 0 Å². The van der Waals surface area contributed by atoms with E-state index in [2.05, 4.69) is 11.8 Å². The molecule has 0 saturated carbocycles. The maximum absolute atomic E-state index is 12.3. The molecular formula is C16H31N3O. The maximum Gasteiger partial charge on any atom is 0.242 e. The highest BCUT2D eigenvalue weighted by atomic mass is 16.2. The van der Waals surface area contributed by atoms with E-state index < -0.39 is 5.54 Å². The van der Waals surface area contributed by atoms with Gasteiger partial charge in [-0.1, -0.05) is 6.42 Å². The summed E-state index contributed by atoms with van der Waals surface area (Å²) < 4.78 is 0. The van der Waals surface area contributed by atoms with E-state index in [1.54, 1.807) is 0 Å². The predicted molar refractivity (Wildman–Crippen MR) is 82.5 cm³/mol. The molecule has 0 radical (unpaired) electrons. The van der Waals surface area contributed by atoms with E-state index in [1.807, 2.05) is 18.7 Å². The second-order valence-corrected chi connectivity index (χ2v) is 7.32. The van der Waals surface area contributed by atoms with Crippen molar-refractivity contribution in [1.82, 2.24) is 9.80 Å². The van der Waals surface area contributed by atoms with Crippen LogP contribution in [0.4, 0.5) is 0 Å². The zero-order valence-corrected chi connectivity index (χ0v) is 13.4. The Kier molecular flexibility index (Phi) is 5.08. The number of hydrogen-bond acceptors (Lipinski definition) is 3. The lowest BCUT2D eigenvalue weighted by molar-refractivity contribution is -0.137. The average Bonchev–Trinajstić information content (AvgIpc) is 2.40. The number of piperidine rings is 2. The van der Waals surface area contributed by atoms with Crippen LogP contribution in [0.15, 0.2) is 0 Å². The molecular weight excluding hydrogens is 250 g/mol. The van der Waals surface area contributed by atoms with Gasteiger partial charge in [0.25, 0.3) is 0 Å². The molecule has 2 atom stereocenters. The Morgan fingerprint density at radius 1 is 1.20 bits per heavy atom. The summed E-state index contributed by atoms with van der Waals surface area (Å²) in [5, 5.41) is 0. The van der Waals surface area contributed by atoms with Crippen LogP contribution < -0.4 is 5.73 Å². The highest BCUT2D eigenvalue weighted by Crippen LogP contribution is 2.23. The zero-order chi connectivity index (χ0) is 14.8. The smallest absolute Gasteiger partial charge is 0.242 e. The van der Waals surface area contributed by atoms with Gasteiger partial charge < -0.3 is 15.5 Å². The molecule has 0 bridgehead atoms. The molecule has 0 aromatic heterocycles. The molecule has 0 spiro atoms. The molecule has 2 fully saturated rings. The van der Waals surface area contributed by atoms with Crippen LogP contribution in [0.1, 0.15) is 52.9 Å². The molecule has 2 aliphatic heterocycles. The van der Waals surface area contributed by atoms with Crippen LogP contribution in [0.25, 0.3) is 0 Å². The summed E-state index contributed by atoms with van der Waals surface area (Å²) in [6, 6.07) is 0.709. The number of rotatable bonds is 3. The Morgan fingerprint density at radius 2 is 1.95 bits per heavy atom. The Labute approximate surface area is 123 Å². The number of carbonyl (C=O) groups is 1. The van der Waals surface area contributed by atoms with Gasteiger partial charge in [0.15, 0.2) is 0 Å². The maximum atomic E-state index is 12.3. The van der Waals surface area contributed by atoms with Gasteiger partial charge in [-0.2, -0.15) is 0 Å². The van der Waals surface area contributed by atoms with Gasteiger partial charge >= 0.3 is 0 Å². The summed E-state index contributed by atoms with van der Waals surface area (Å²) in [6.45, 7) is 10.1. The summed E-state index contributed by atoms with van der Waals surface area (Å²) >= 11 is 0. The van der Waals surface area contributed by atoms with Crippen molar-refractivity contribution in [2.75, 3.05) is 26.2 Å². The van der Waals surface area contributed by atoms with E-state index in [0.29, 0.717) is 12.0 Å². The van der Waals surface area contributed by atoms with Gasteiger partial charge in [-0.15, -0.1) is 0 Å². The number of carbonyl (C=O) groups excluding carboxylic acids is 1. The van der Waals surface area contributed by atoms with Crippen LogP contribution in [0, 0.1) is 5.92 Å². The van der Waals surface area contributed by atoms with Crippen molar-refractivity contribution in [3.63, 3.8) is 0 Å². The fourth-order valence-electron chi connectivity index (χ4n) is 3.57. The standard InChI is InChI=1S/C16H31N3O/c1-13-7-4-5-9-18(13)11-14-8-6-10-19(12-14)15(20)16(2,3)17/h13-14H,4-12,17H2,1-3H3/t13-,14+/m0/s1. The number of nitrogens with zero attached hydrogens (tertiary/aromatic N) is 2. The molecule has 0 aliphatic carbocycles. The Morgan fingerprint density at radius 3 is 2.60 bits per heavy atom. The lowest BCUT2D eigenvalue weighted by atomic mass is 9.93. The first-order valence-corrected chi connectivity index (χ1v) is 8.20. The minimum Gasteiger partial charge on any atom is -0.341 e. The molecule has 116 valence electrons. The minimum absolute atomic E-state index is 0.105. The molecule has 4 nitrogen and oxygen atoms in total. The highest BCUT2D eigenvalue weighted by molar-refractivity contribution is 5.85. The highest BCUT2D eigenvalue weighted by Gasteiger charge is 2.32. The first-order valence-electron chi connectivity index (χ1n) is 8.20. The fourth-order valence-corrected chi connectivity index (χ4v) is 3.57. The van der Waals surface area contributed by atoms with E-state index in [0.717, 1.165) is 26.1 Å². The number of nitrogens with two attached hydrogens (primary N) is 1. The van der Waals surface area contributed by atoms with Gasteiger partial charge in [-0.25, -0.2) is 0 Å². The van der Waals surface area contributed by atoms with Gasteiger partial charge in [-0.05, 0) is 58.9 Å². The minimum atomic E-state index is -0.736. The molecule has 0 aromatic rings. The Bertz CT molecular complexity index is 337. The predicted octanol–water partition coefficient (Wildman–Crippen LogP) is 1.84. The van der Waals surface area contributed by atoms with E-state index in [1.165, 1.54) is 32.2 Å². The first-order chi connectivity index (χ1) is 9.38. The second kappa shape index (κ2) is 6.44. The molecule has 1 amide bonds. The van der Waals surface area contributed by atoms with E-state index >= 15 is 0 Å². The SMILES string of the molecule is C[C@H]1CCCCN1C[C@H]1CCCN(C(=O)C(C)(C)N)C1. The molecule has 2 rings (SSSR count). The summed E-state index contributed by atoms with van der Waals surface area (Å²) in [5.74, 6) is 0.726. The normalized spacial score (nSPS) is 29.5. The van der Waals surface area contributed by atoms with Crippen molar-refractivity contribution >= 4 is 5.91 Å². The third kappa shape index (κ3) is 3.95. The number of likely N-dealkylation sites (tertiary alicyclic amines) is 2. The molecule has 2 saturated heterocycles. The first kappa shape index (κ1) is 15.8. The van der Waals surface area contributed by atoms with Crippen LogP contribution in [0.2, 0.25) is 0 Å². The summed E-state index contributed by atoms with van der Waals surface area (Å²) in [6.07, 6.45) is 6.39. The molecule has 0 unspecified atom stereocenters. The summed E-state index contributed by atoms with van der Waals surface area (Å²) in [5.41, 5.74) is 5.22. The topological polar surface area (TPSA) is 49.6 Å². The number of amides is 1. The van der Waals surface area contributed by atoms with Gasteiger partial charge in [0.1, 0.15) is 0 Å². The van der Waals surface area contributed by atoms with Gasteiger partial charge in [0.05, 0.1) is 5.54 Å². The van der Waals surface area contributed by atoms with E-state index in [4.69, 9.17) is 5.73 Å². The zero-order valence-electron chi connectivity index (χ0n) is 13.4. The molecule has 0 aromatic carbocycles.